The average Bonchev–Trinajstić information content (AvgIpc) is 2.61. The summed E-state index contributed by atoms with van der Waals surface area (Å²) < 4.78 is 0. The highest BCUT2D eigenvalue weighted by atomic mass is 16.1. The minimum absolute atomic E-state index is 0.0177. The van der Waals surface area contributed by atoms with E-state index in [1.54, 1.807) is 6.07 Å². The van der Waals surface area contributed by atoms with E-state index in [1.807, 2.05) is 48.5 Å². The molecule has 6 nitrogen and oxygen atoms in total. The van der Waals surface area contributed by atoms with Crippen molar-refractivity contribution in [1.82, 2.24) is 9.97 Å². The van der Waals surface area contributed by atoms with Gasteiger partial charge >= 0.3 is 0 Å². The molecule has 0 unspecified atom stereocenters. The van der Waals surface area contributed by atoms with E-state index in [-0.39, 0.29) is 23.1 Å². The van der Waals surface area contributed by atoms with E-state index in [0.717, 1.165) is 11.1 Å². The molecule has 4 N–H and O–H groups in total. The summed E-state index contributed by atoms with van der Waals surface area (Å²) in [6.45, 7) is 1.54. The van der Waals surface area contributed by atoms with Gasteiger partial charge in [-0.1, -0.05) is 42.5 Å². The van der Waals surface area contributed by atoms with Gasteiger partial charge < -0.3 is 11.5 Å². The van der Waals surface area contributed by atoms with Crippen molar-refractivity contribution >= 4 is 17.5 Å². The van der Waals surface area contributed by atoms with Gasteiger partial charge in [0.15, 0.2) is 5.78 Å². The van der Waals surface area contributed by atoms with Crippen LogP contribution in [0.1, 0.15) is 22.8 Å². The number of Topliss-reactive ketones (excluding diaryl/α,β-unsaturated/α-hetero) is 1. The summed E-state index contributed by atoms with van der Waals surface area (Å²) in [6.07, 6.45) is 0. The zero-order valence-electron chi connectivity index (χ0n) is 13.5. The number of nitrogens with two attached hydrogens (primary N) is 2. The summed E-state index contributed by atoms with van der Waals surface area (Å²) in [6, 6.07) is 16.9. The van der Waals surface area contributed by atoms with Gasteiger partial charge in [0.05, 0.1) is 5.69 Å². The standard InChI is InChI=1S/C19H15N5O/c1-11(25)14-3-2-4-15(9-14)12-5-7-13(8-6-12)17-16(10-20)18(21)24-19(22)23-17/h2-9H,1H3,(H4,21,22,23,24). The maximum atomic E-state index is 11.5. The Morgan fingerprint density at radius 3 is 2.32 bits per heavy atom. The summed E-state index contributed by atoms with van der Waals surface area (Å²) in [4.78, 5) is 19.5. The van der Waals surface area contributed by atoms with E-state index >= 15 is 0 Å². The summed E-state index contributed by atoms with van der Waals surface area (Å²) in [7, 11) is 0. The first-order valence-electron chi connectivity index (χ1n) is 7.54. The number of nitrogen functional groups attached to an aromatic ring is 2. The highest BCUT2D eigenvalue weighted by Gasteiger charge is 2.13. The molecule has 1 heterocycles. The van der Waals surface area contributed by atoms with Gasteiger partial charge in [0.2, 0.25) is 5.95 Å². The fourth-order valence-electron chi connectivity index (χ4n) is 2.55. The number of rotatable bonds is 3. The molecule has 2 aromatic carbocycles. The number of carbonyl (C=O) groups excluding carboxylic acids is 1. The van der Waals surface area contributed by atoms with Crippen LogP contribution >= 0.6 is 0 Å². The molecule has 0 aliphatic rings. The molecular weight excluding hydrogens is 314 g/mol. The Labute approximate surface area is 144 Å². The third-order valence-electron chi connectivity index (χ3n) is 3.83. The second-order valence-corrected chi connectivity index (χ2v) is 5.52. The molecule has 1 aromatic heterocycles. The fourth-order valence-corrected chi connectivity index (χ4v) is 2.55. The van der Waals surface area contributed by atoms with Crippen molar-refractivity contribution in [2.24, 2.45) is 0 Å². The lowest BCUT2D eigenvalue weighted by Gasteiger charge is -2.08. The van der Waals surface area contributed by atoms with Gasteiger partial charge in [0.1, 0.15) is 17.5 Å². The van der Waals surface area contributed by atoms with E-state index in [2.05, 4.69) is 9.97 Å². The number of nitriles is 1. The first-order valence-corrected chi connectivity index (χ1v) is 7.54. The summed E-state index contributed by atoms with van der Waals surface area (Å²) in [5, 5.41) is 9.28. The lowest BCUT2D eigenvalue weighted by Crippen LogP contribution is -2.04. The van der Waals surface area contributed by atoms with Crippen molar-refractivity contribution in [2.45, 2.75) is 6.92 Å². The zero-order chi connectivity index (χ0) is 18.0. The SMILES string of the molecule is CC(=O)c1cccc(-c2ccc(-c3nc(N)nc(N)c3C#N)cc2)c1. The quantitative estimate of drug-likeness (QED) is 0.713. The molecule has 6 heteroatoms. The lowest BCUT2D eigenvalue weighted by molar-refractivity contribution is 0.101. The van der Waals surface area contributed by atoms with E-state index in [0.29, 0.717) is 16.8 Å². The van der Waals surface area contributed by atoms with Crippen LogP contribution in [0.4, 0.5) is 11.8 Å². The fraction of sp³-hybridized carbons (Fsp3) is 0.0526. The minimum atomic E-state index is 0.0177. The monoisotopic (exact) mass is 329 g/mol. The second kappa shape index (κ2) is 6.42. The number of hydrogen-bond donors (Lipinski definition) is 2. The molecule has 0 aliphatic heterocycles. The molecule has 3 aromatic rings. The van der Waals surface area contributed by atoms with Crippen molar-refractivity contribution in [2.75, 3.05) is 11.5 Å². The molecule has 25 heavy (non-hydrogen) atoms. The molecular formula is C19H15N5O. The van der Waals surface area contributed by atoms with E-state index < -0.39 is 0 Å². The van der Waals surface area contributed by atoms with Crippen LogP contribution in [0.2, 0.25) is 0 Å². The third kappa shape index (κ3) is 3.16. The number of nitrogens with zero attached hydrogens (tertiary/aromatic N) is 3. The molecule has 0 radical (unpaired) electrons. The molecule has 0 saturated heterocycles. The third-order valence-corrected chi connectivity index (χ3v) is 3.83. The van der Waals surface area contributed by atoms with Crippen LogP contribution in [0.5, 0.6) is 0 Å². The van der Waals surface area contributed by atoms with Gasteiger partial charge in [0.25, 0.3) is 0 Å². The second-order valence-electron chi connectivity index (χ2n) is 5.52. The van der Waals surface area contributed by atoms with Crippen molar-refractivity contribution in [3.05, 3.63) is 59.7 Å². The van der Waals surface area contributed by atoms with Crippen LogP contribution in [0, 0.1) is 11.3 Å². The first-order chi connectivity index (χ1) is 12.0. The summed E-state index contributed by atoms with van der Waals surface area (Å²) >= 11 is 0. The van der Waals surface area contributed by atoms with E-state index in [9.17, 15) is 10.1 Å². The van der Waals surface area contributed by atoms with Crippen LogP contribution < -0.4 is 11.5 Å². The lowest BCUT2D eigenvalue weighted by atomic mass is 9.99. The number of aromatic nitrogens is 2. The van der Waals surface area contributed by atoms with Gasteiger partial charge in [-0.05, 0) is 24.1 Å². The molecule has 0 fully saturated rings. The first kappa shape index (κ1) is 16.1. The Morgan fingerprint density at radius 2 is 1.68 bits per heavy atom. The van der Waals surface area contributed by atoms with Gasteiger partial charge in [-0.2, -0.15) is 10.2 Å². The Balaban J connectivity index is 2.03. The topological polar surface area (TPSA) is 119 Å². The van der Waals surface area contributed by atoms with Crippen LogP contribution in [-0.4, -0.2) is 15.8 Å². The average molecular weight is 329 g/mol. The molecule has 0 saturated carbocycles. The van der Waals surface area contributed by atoms with Crippen molar-refractivity contribution < 1.29 is 4.79 Å². The molecule has 122 valence electrons. The van der Waals surface area contributed by atoms with Crippen LogP contribution in [0.15, 0.2) is 48.5 Å². The molecule has 0 aliphatic carbocycles. The van der Waals surface area contributed by atoms with Gasteiger partial charge in [-0.3, -0.25) is 4.79 Å². The Bertz CT molecular complexity index is 1000. The highest BCUT2D eigenvalue weighted by Crippen LogP contribution is 2.28. The van der Waals surface area contributed by atoms with Crippen molar-refractivity contribution in [3.63, 3.8) is 0 Å². The van der Waals surface area contributed by atoms with Crippen molar-refractivity contribution in [1.29, 1.82) is 5.26 Å². The maximum Gasteiger partial charge on any atom is 0.222 e. The molecule has 0 atom stereocenters. The Kier molecular flexibility index (Phi) is 4.14. The molecule has 0 spiro atoms. The summed E-state index contributed by atoms with van der Waals surface area (Å²) in [5.41, 5.74) is 15.2. The van der Waals surface area contributed by atoms with Gasteiger partial charge in [-0.15, -0.1) is 0 Å². The normalized spacial score (nSPS) is 10.2. The van der Waals surface area contributed by atoms with Crippen molar-refractivity contribution in [3.8, 4) is 28.5 Å². The highest BCUT2D eigenvalue weighted by molar-refractivity contribution is 5.95. The number of carbonyl (C=O) groups is 1. The molecule has 0 amide bonds. The zero-order valence-corrected chi connectivity index (χ0v) is 13.5. The maximum absolute atomic E-state index is 11.5. The van der Waals surface area contributed by atoms with Crippen LogP contribution in [-0.2, 0) is 0 Å². The number of hydrogen-bond acceptors (Lipinski definition) is 6. The predicted octanol–water partition coefficient (Wildman–Crippen LogP) is 3.05. The Hall–Kier alpha value is -3.72. The van der Waals surface area contributed by atoms with E-state index in [1.165, 1.54) is 6.92 Å². The van der Waals surface area contributed by atoms with Gasteiger partial charge in [0, 0.05) is 11.1 Å². The Morgan fingerprint density at radius 1 is 1.00 bits per heavy atom. The van der Waals surface area contributed by atoms with Crippen LogP contribution in [0.3, 0.4) is 0 Å². The van der Waals surface area contributed by atoms with Gasteiger partial charge in [-0.25, -0.2) is 4.98 Å². The van der Waals surface area contributed by atoms with Crippen LogP contribution in [0.25, 0.3) is 22.4 Å². The molecule has 0 bridgehead atoms. The minimum Gasteiger partial charge on any atom is -0.382 e. The van der Waals surface area contributed by atoms with E-state index in [4.69, 9.17) is 11.5 Å². The smallest absolute Gasteiger partial charge is 0.222 e. The molecule has 3 rings (SSSR count). The largest absolute Gasteiger partial charge is 0.382 e. The number of anilines is 2. The summed E-state index contributed by atoms with van der Waals surface area (Å²) in [5.74, 6) is 0.0945. The predicted molar refractivity (Wildman–Crippen MR) is 96.4 cm³/mol. The number of ketones is 1. The number of benzene rings is 2.